The summed E-state index contributed by atoms with van der Waals surface area (Å²) in [5.41, 5.74) is 3.03. The molecular formula is C14H15N3OS. The topological polar surface area (TPSA) is 58.0 Å². The number of aromatic hydroxyl groups is 1. The third kappa shape index (κ3) is 2.51. The van der Waals surface area contributed by atoms with Gasteiger partial charge in [-0.2, -0.15) is 4.98 Å². The minimum atomic E-state index is 0.0887. The van der Waals surface area contributed by atoms with Crippen LogP contribution in [0.4, 0.5) is 11.6 Å². The average molecular weight is 273 g/mol. The van der Waals surface area contributed by atoms with Crippen molar-refractivity contribution in [3.8, 4) is 5.88 Å². The molecule has 2 N–H and O–H groups in total. The quantitative estimate of drug-likeness (QED) is 0.879. The van der Waals surface area contributed by atoms with Gasteiger partial charge in [-0.05, 0) is 37.1 Å². The second-order valence-electron chi connectivity index (χ2n) is 4.54. The van der Waals surface area contributed by atoms with Crippen LogP contribution in [-0.2, 0) is 6.42 Å². The van der Waals surface area contributed by atoms with Crippen molar-refractivity contribution in [3.63, 3.8) is 0 Å². The molecule has 0 atom stereocenters. The zero-order chi connectivity index (χ0) is 13.2. The molecule has 3 rings (SSSR count). The van der Waals surface area contributed by atoms with Crippen molar-refractivity contribution < 1.29 is 5.11 Å². The zero-order valence-corrected chi connectivity index (χ0v) is 11.5. The second-order valence-corrected chi connectivity index (χ2v) is 5.64. The molecule has 1 aromatic carbocycles. The van der Waals surface area contributed by atoms with Gasteiger partial charge in [0.25, 0.3) is 0 Å². The van der Waals surface area contributed by atoms with E-state index in [0.29, 0.717) is 5.95 Å². The molecule has 2 heterocycles. The number of benzene rings is 1. The highest BCUT2D eigenvalue weighted by Gasteiger charge is 2.18. The first-order valence-corrected chi connectivity index (χ1v) is 7.28. The Kier molecular flexibility index (Phi) is 3.29. The number of nitrogens with zero attached hydrogens (tertiary/aromatic N) is 2. The van der Waals surface area contributed by atoms with E-state index in [2.05, 4.69) is 15.3 Å². The van der Waals surface area contributed by atoms with Gasteiger partial charge in [-0.15, -0.1) is 11.8 Å². The summed E-state index contributed by atoms with van der Waals surface area (Å²) >= 11 is 1.63. The molecule has 0 fully saturated rings. The summed E-state index contributed by atoms with van der Waals surface area (Å²) in [4.78, 5) is 9.48. The number of anilines is 2. The lowest BCUT2D eigenvalue weighted by molar-refractivity contribution is 0.435. The van der Waals surface area contributed by atoms with E-state index in [-0.39, 0.29) is 5.88 Å². The van der Waals surface area contributed by atoms with Gasteiger partial charge in [-0.3, -0.25) is 0 Å². The number of nitrogens with one attached hydrogen (secondary N) is 1. The molecule has 1 aliphatic rings. The van der Waals surface area contributed by atoms with Crippen LogP contribution in [-0.4, -0.2) is 20.8 Å². The Morgan fingerprint density at radius 2 is 2.11 bits per heavy atom. The maximum Gasteiger partial charge on any atom is 0.230 e. The number of thioether (sulfide) groups is 1. The average Bonchev–Trinajstić information content (AvgIpc) is 2.42. The Morgan fingerprint density at radius 3 is 2.95 bits per heavy atom. The van der Waals surface area contributed by atoms with Crippen LogP contribution in [0.5, 0.6) is 5.88 Å². The Balaban J connectivity index is 1.94. The van der Waals surface area contributed by atoms with E-state index in [1.807, 2.05) is 31.2 Å². The molecule has 1 aliphatic heterocycles. The van der Waals surface area contributed by atoms with Gasteiger partial charge in [0.1, 0.15) is 0 Å². The van der Waals surface area contributed by atoms with Gasteiger partial charge in [-0.25, -0.2) is 4.98 Å². The highest BCUT2D eigenvalue weighted by Crippen LogP contribution is 2.35. The summed E-state index contributed by atoms with van der Waals surface area (Å²) in [5.74, 6) is 1.58. The van der Waals surface area contributed by atoms with Gasteiger partial charge < -0.3 is 10.4 Å². The summed E-state index contributed by atoms with van der Waals surface area (Å²) in [6, 6.07) is 7.95. The molecule has 4 nitrogen and oxygen atoms in total. The smallest absolute Gasteiger partial charge is 0.230 e. The third-order valence-electron chi connectivity index (χ3n) is 3.11. The van der Waals surface area contributed by atoms with Crippen LogP contribution in [0.25, 0.3) is 0 Å². The number of fused-ring (bicyclic) bond motifs is 1. The minimum Gasteiger partial charge on any atom is -0.492 e. The molecule has 0 bridgehead atoms. The number of hydrogen-bond donors (Lipinski definition) is 2. The number of aromatic nitrogens is 2. The minimum absolute atomic E-state index is 0.0887. The Hall–Kier alpha value is -1.75. The lowest BCUT2D eigenvalue weighted by atomic mass is 10.2. The van der Waals surface area contributed by atoms with Crippen LogP contribution in [0, 0.1) is 6.92 Å². The maximum atomic E-state index is 9.97. The fraction of sp³-hybridized carbons (Fsp3) is 0.286. The van der Waals surface area contributed by atoms with Gasteiger partial charge in [0.15, 0.2) is 0 Å². The molecule has 0 aliphatic carbocycles. The van der Waals surface area contributed by atoms with E-state index in [1.54, 1.807) is 11.8 Å². The molecular weight excluding hydrogens is 258 g/mol. The first-order chi connectivity index (χ1) is 9.24. The van der Waals surface area contributed by atoms with Crippen molar-refractivity contribution in [3.05, 3.63) is 35.5 Å². The van der Waals surface area contributed by atoms with Gasteiger partial charge in [0.05, 0.1) is 10.6 Å². The van der Waals surface area contributed by atoms with Crippen LogP contribution < -0.4 is 5.32 Å². The van der Waals surface area contributed by atoms with E-state index in [9.17, 15) is 5.11 Å². The Bertz CT molecular complexity index is 616. The first kappa shape index (κ1) is 12.3. The van der Waals surface area contributed by atoms with Crippen LogP contribution in [0.3, 0.4) is 0 Å². The third-order valence-corrected chi connectivity index (χ3v) is 4.31. The van der Waals surface area contributed by atoms with Crippen LogP contribution in [0.1, 0.15) is 17.7 Å². The molecule has 0 saturated heterocycles. The number of para-hydroxylation sites is 1. The summed E-state index contributed by atoms with van der Waals surface area (Å²) in [6.07, 6.45) is 2.00. The van der Waals surface area contributed by atoms with Crippen molar-refractivity contribution in [2.24, 2.45) is 0 Å². The molecule has 19 heavy (non-hydrogen) atoms. The Labute approximate surface area is 116 Å². The van der Waals surface area contributed by atoms with E-state index in [4.69, 9.17) is 0 Å². The highest BCUT2D eigenvalue weighted by molar-refractivity contribution is 7.99. The van der Waals surface area contributed by atoms with Crippen LogP contribution in [0.2, 0.25) is 0 Å². The SMILES string of the molecule is Cc1ccccc1Nc1nc(O)c2c(n1)CCCS2. The summed E-state index contributed by atoms with van der Waals surface area (Å²) in [6.45, 7) is 2.02. The van der Waals surface area contributed by atoms with Crippen molar-refractivity contribution in [1.29, 1.82) is 0 Å². The lowest BCUT2D eigenvalue weighted by Gasteiger charge is -2.16. The van der Waals surface area contributed by atoms with E-state index >= 15 is 0 Å². The van der Waals surface area contributed by atoms with Crippen LogP contribution in [0.15, 0.2) is 29.2 Å². The lowest BCUT2D eigenvalue weighted by Crippen LogP contribution is -2.07. The van der Waals surface area contributed by atoms with E-state index in [0.717, 1.165) is 40.4 Å². The van der Waals surface area contributed by atoms with Crippen molar-refractivity contribution >= 4 is 23.4 Å². The monoisotopic (exact) mass is 273 g/mol. The molecule has 0 saturated carbocycles. The fourth-order valence-electron chi connectivity index (χ4n) is 2.10. The fourth-order valence-corrected chi connectivity index (χ4v) is 3.09. The zero-order valence-electron chi connectivity index (χ0n) is 10.7. The van der Waals surface area contributed by atoms with Gasteiger partial charge in [0, 0.05) is 5.69 Å². The first-order valence-electron chi connectivity index (χ1n) is 6.29. The maximum absolute atomic E-state index is 9.97. The largest absolute Gasteiger partial charge is 0.492 e. The predicted octanol–water partition coefficient (Wildman–Crippen LogP) is 3.27. The van der Waals surface area contributed by atoms with Crippen molar-refractivity contribution in [2.75, 3.05) is 11.1 Å². The Morgan fingerprint density at radius 1 is 1.26 bits per heavy atom. The number of hydrogen-bond acceptors (Lipinski definition) is 5. The van der Waals surface area contributed by atoms with Gasteiger partial charge in [-0.1, -0.05) is 18.2 Å². The molecule has 1 aromatic heterocycles. The van der Waals surface area contributed by atoms with Crippen molar-refractivity contribution in [2.45, 2.75) is 24.7 Å². The standard InChI is InChI=1S/C14H15N3OS/c1-9-5-2-3-6-10(9)15-14-16-11-7-4-8-19-12(11)13(18)17-14/h2-3,5-6H,4,7-8H2,1H3,(H2,15,16,17,18). The molecule has 5 heteroatoms. The second kappa shape index (κ2) is 5.09. The summed E-state index contributed by atoms with van der Waals surface area (Å²) in [7, 11) is 0. The summed E-state index contributed by atoms with van der Waals surface area (Å²) in [5, 5.41) is 13.1. The van der Waals surface area contributed by atoms with Crippen molar-refractivity contribution in [1.82, 2.24) is 9.97 Å². The number of aryl methyl sites for hydroxylation is 2. The number of rotatable bonds is 2. The molecule has 0 unspecified atom stereocenters. The van der Waals surface area contributed by atoms with Gasteiger partial charge >= 0.3 is 0 Å². The van der Waals surface area contributed by atoms with E-state index < -0.39 is 0 Å². The molecule has 98 valence electrons. The molecule has 0 spiro atoms. The highest BCUT2D eigenvalue weighted by atomic mass is 32.2. The predicted molar refractivity (Wildman–Crippen MR) is 77.2 cm³/mol. The van der Waals surface area contributed by atoms with Gasteiger partial charge in [0.2, 0.25) is 11.8 Å². The van der Waals surface area contributed by atoms with Crippen LogP contribution >= 0.6 is 11.8 Å². The molecule has 2 aromatic rings. The van der Waals surface area contributed by atoms with E-state index in [1.165, 1.54) is 0 Å². The molecule has 0 amide bonds. The summed E-state index contributed by atoms with van der Waals surface area (Å²) < 4.78 is 0. The molecule has 0 radical (unpaired) electrons. The normalized spacial score (nSPS) is 13.9.